The standard InChI is InChI=1S/C14H17NO5S/c1-9-4-5-10(7-11(9)14(19)20)21-8-12(16)15-6-2-3-13(17)18/h4-5,7H,2-3,6,8H2,1H3,(H,15,16)(H,17,18)(H,19,20). The van der Waals surface area contributed by atoms with Crippen molar-refractivity contribution in [3.05, 3.63) is 29.3 Å². The van der Waals surface area contributed by atoms with Crippen LogP contribution in [-0.2, 0) is 9.59 Å². The Labute approximate surface area is 126 Å². The first-order chi connectivity index (χ1) is 9.90. The molecule has 0 radical (unpaired) electrons. The molecule has 0 aliphatic carbocycles. The zero-order chi connectivity index (χ0) is 15.8. The molecule has 1 aromatic rings. The van der Waals surface area contributed by atoms with Crippen molar-refractivity contribution in [3.63, 3.8) is 0 Å². The average Bonchev–Trinajstić information content (AvgIpc) is 2.42. The van der Waals surface area contributed by atoms with E-state index in [4.69, 9.17) is 10.2 Å². The van der Waals surface area contributed by atoms with Crippen LogP contribution in [0.5, 0.6) is 0 Å². The fourth-order valence-electron chi connectivity index (χ4n) is 1.59. The molecule has 7 heteroatoms. The van der Waals surface area contributed by atoms with Crippen LogP contribution in [-0.4, -0.2) is 40.4 Å². The molecule has 0 saturated carbocycles. The molecule has 0 bridgehead atoms. The summed E-state index contributed by atoms with van der Waals surface area (Å²) in [5.41, 5.74) is 0.895. The first-order valence-corrected chi connectivity index (χ1v) is 7.34. The number of aromatic carboxylic acids is 1. The molecule has 6 nitrogen and oxygen atoms in total. The van der Waals surface area contributed by atoms with E-state index < -0.39 is 11.9 Å². The lowest BCUT2D eigenvalue weighted by Gasteiger charge is -2.06. The molecule has 0 saturated heterocycles. The number of carboxylic acids is 2. The van der Waals surface area contributed by atoms with Crippen LogP contribution in [0.4, 0.5) is 0 Å². The number of rotatable bonds is 8. The molecule has 0 aliphatic heterocycles. The van der Waals surface area contributed by atoms with Crippen LogP contribution in [0.1, 0.15) is 28.8 Å². The quantitative estimate of drug-likeness (QED) is 0.499. The normalized spacial score (nSPS) is 10.1. The Morgan fingerprint density at radius 3 is 2.57 bits per heavy atom. The number of aliphatic carboxylic acids is 1. The van der Waals surface area contributed by atoms with Crippen LogP contribution in [0.2, 0.25) is 0 Å². The second-order valence-corrected chi connectivity index (χ2v) is 5.47. The van der Waals surface area contributed by atoms with Crippen LogP contribution in [0.3, 0.4) is 0 Å². The van der Waals surface area contributed by atoms with Gasteiger partial charge in [0.2, 0.25) is 5.91 Å². The molecule has 0 atom stereocenters. The third kappa shape index (κ3) is 6.31. The predicted molar refractivity (Wildman–Crippen MR) is 78.7 cm³/mol. The summed E-state index contributed by atoms with van der Waals surface area (Å²) in [5, 5.41) is 20.1. The van der Waals surface area contributed by atoms with Gasteiger partial charge in [0.1, 0.15) is 0 Å². The van der Waals surface area contributed by atoms with Crippen LogP contribution in [0, 0.1) is 6.92 Å². The minimum absolute atomic E-state index is 0.0212. The average molecular weight is 311 g/mol. The first kappa shape index (κ1) is 17.0. The molecule has 1 amide bonds. The number of hydrogen-bond donors (Lipinski definition) is 3. The molecular formula is C14H17NO5S. The van der Waals surface area contributed by atoms with Gasteiger partial charge >= 0.3 is 11.9 Å². The first-order valence-electron chi connectivity index (χ1n) is 6.35. The van der Waals surface area contributed by atoms with Gasteiger partial charge in [0.05, 0.1) is 11.3 Å². The van der Waals surface area contributed by atoms with E-state index in [1.807, 2.05) is 0 Å². The molecule has 21 heavy (non-hydrogen) atoms. The Balaban J connectivity index is 2.41. The molecule has 0 heterocycles. The summed E-state index contributed by atoms with van der Waals surface area (Å²) in [6.45, 7) is 2.03. The smallest absolute Gasteiger partial charge is 0.335 e. The molecule has 0 unspecified atom stereocenters. The maximum absolute atomic E-state index is 11.6. The van der Waals surface area contributed by atoms with Crippen LogP contribution < -0.4 is 5.32 Å². The summed E-state index contributed by atoms with van der Waals surface area (Å²) in [4.78, 5) is 33.6. The molecule has 1 rings (SSSR count). The second kappa shape index (κ2) is 8.31. The zero-order valence-corrected chi connectivity index (χ0v) is 12.4. The Morgan fingerprint density at radius 2 is 1.95 bits per heavy atom. The van der Waals surface area contributed by atoms with Crippen LogP contribution >= 0.6 is 11.8 Å². The Bertz CT molecular complexity index is 544. The van der Waals surface area contributed by atoms with Crippen molar-refractivity contribution in [2.45, 2.75) is 24.7 Å². The van der Waals surface area contributed by atoms with Gasteiger partial charge in [0, 0.05) is 17.9 Å². The molecule has 0 aromatic heterocycles. The zero-order valence-electron chi connectivity index (χ0n) is 11.6. The van der Waals surface area contributed by atoms with Crippen molar-refractivity contribution in [2.75, 3.05) is 12.3 Å². The lowest BCUT2D eigenvalue weighted by molar-refractivity contribution is -0.137. The maximum atomic E-state index is 11.6. The van der Waals surface area contributed by atoms with Crippen LogP contribution in [0.15, 0.2) is 23.1 Å². The SMILES string of the molecule is Cc1ccc(SCC(=O)NCCCC(=O)O)cc1C(=O)O. The third-order valence-electron chi connectivity index (χ3n) is 2.70. The highest BCUT2D eigenvalue weighted by molar-refractivity contribution is 8.00. The highest BCUT2D eigenvalue weighted by Gasteiger charge is 2.09. The molecule has 1 aromatic carbocycles. The van der Waals surface area contributed by atoms with E-state index in [-0.39, 0.29) is 23.6 Å². The van der Waals surface area contributed by atoms with Crippen molar-refractivity contribution in [1.82, 2.24) is 5.32 Å². The second-order valence-electron chi connectivity index (χ2n) is 4.42. The van der Waals surface area contributed by atoms with E-state index in [0.29, 0.717) is 23.4 Å². The molecule has 0 spiro atoms. The lowest BCUT2D eigenvalue weighted by atomic mass is 10.1. The predicted octanol–water partition coefficient (Wildman–Crippen LogP) is 1.77. The number of aryl methyl sites for hydroxylation is 1. The molecular weight excluding hydrogens is 294 g/mol. The minimum Gasteiger partial charge on any atom is -0.481 e. The highest BCUT2D eigenvalue weighted by Crippen LogP contribution is 2.21. The minimum atomic E-state index is -0.993. The van der Waals surface area contributed by atoms with Crippen LogP contribution in [0.25, 0.3) is 0 Å². The van der Waals surface area contributed by atoms with Gasteiger partial charge in [-0.1, -0.05) is 6.07 Å². The lowest BCUT2D eigenvalue weighted by Crippen LogP contribution is -2.26. The summed E-state index contributed by atoms with van der Waals surface area (Å²) in [5.74, 6) is -1.93. The van der Waals surface area contributed by atoms with Gasteiger partial charge in [-0.15, -0.1) is 11.8 Å². The number of hydrogen-bond acceptors (Lipinski definition) is 4. The number of carboxylic acid groups (broad SMARTS) is 2. The molecule has 114 valence electrons. The van der Waals surface area contributed by atoms with Gasteiger partial charge in [-0.25, -0.2) is 4.79 Å². The Morgan fingerprint density at radius 1 is 1.24 bits per heavy atom. The summed E-state index contributed by atoms with van der Waals surface area (Å²) in [7, 11) is 0. The summed E-state index contributed by atoms with van der Waals surface area (Å²) in [6.07, 6.45) is 0.410. The molecule has 3 N–H and O–H groups in total. The van der Waals surface area contributed by atoms with E-state index >= 15 is 0 Å². The summed E-state index contributed by atoms with van der Waals surface area (Å²) in [6, 6.07) is 5.01. The summed E-state index contributed by atoms with van der Waals surface area (Å²) < 4.78 is 0. The van der Waals surface area contributed by atoms with Gasteiger partial charge in [-0.2, -0.15) is 0 Å². The van der Waals surface area contributed by atoms with Gasteiger partial charge in [-0.3, -0.25) is 9.59 Å². The van der Waals surface area contributed by atoms with E-state index in [0.717, 1.165) is 0 Å². The van der Waals surface area contributed by atoms with Crippen molar-refractivity contribution in [2.24, 2.45) is 0 Å². The fraction of sp³-hybridized carbons (Fsp3) is 0.357. The van der Waals surface area contributed by atoms with Crippen molar-refractivity contribution < 1.29 is 24.6 Å². The number of carbonyl (C=O) groups excluding carboxylic acids is 1. The number of thioether (sulfide) groups is 1. The molecule has 0 fully saturated rings. The van der Waals surface area contributed by atoms with Gasteiger partial charge < -0.3 is 15.5 Å². The van der Waals surface area contributed by atoms with Crippen molar-refractivity contribution in [1.29, 1.82) is 0 Å². The number of benzene rings is 1. The maximum Gasteiger partial charge on any atom is 0.335 e. The monoisotopic (exact) mass is 311 g/mol. The van der Waals surface area contributed by atoms with E-state index in [1.54, 1.807) is 25.1 Å². The number of amides is 1. The van der Waals surface area contributed by atoms with E-state index in [1.165, 1.54) is 11.8 Å². The Hall–Kier alpha value is -2.02. The highest BCUT2D eigenvalue weighted by atomic mass is 32.2. The summed E-state index contributed by atoms with van der Waals surface area (Å²) >= 11 is 1.24. The van der Waals surface area contributed by atoms with E-state index in [2.05, 4.69) is 5.32 Å². The van der Waals surface area contributed by atoms with Gasteiger partial charge in [0.25, 0.3) is 0 Å². The number of nitrogens with one attached hydrogen (secondary N) is 1. The van der Waals surface area contributed by atoms with Gasteiger partial charge in [0.15, 0.2) is 0 Å². The largest absolute Gasteiger partial charge is 0.481 e. The third-order valence-corrected chi connectivity index (χ3v) is 3.69. The number of carbonyl (C=O) groups is 3. The van der Waals surface area contributed by atoms with Crippen molar-refractivity contribution in [3.8, 4) is 0 Å². The Kier molecular flexibility index (Phi) is 6.74. The van der Waals surface area contributed by atoms with E-state index in [9.17, 15) is 14.4 Å². The fourth-order valence-corrected chi connectivity index (χ4v) is 2.35. The molecule has 0 aliphatic rings. The van der Waals surface area contributed by atoms with Gasteiger partial charge in [-0.05, 0) is 31.0 Å². The van der Waals surface area contributed by atoms with Crippen molar-refractivity contribution >= 4 is 29.6 Å². The topological polar surface area (TPSA) is 104 Å².